The van der Waals surface area contributed by atoms with Crippen LogP contribution in [0.3, 0.4) is 0 Å². The monoisotopic (exact) mass is 306 g/mol. The number of nitrogens with one attached hydrogen (secondary N) is 2. The van der Waals surface area contributed by atoms with Crippen LogP contribution in [0.4, 0.5) is 5.69 Å². The summed E-state index contributed by atoms with van der Waals surface area (Å²) >= 11 is 1.39. The Kier molecular flexibility index (Phi) is 5.27. The van der Waals surface area contributed by atoms with Crippen LogP contribution in [-0.4, -0.2) is 30.2 Å². The molecular weight excluding hydrogens is 288 g/mol. The van der Waals surface area contributed by atoms with E-state index in [9.17, 15) is 9.59 Å². The Hall–Kier alpha value is -1.95. The Bertz CT molecular complexity index is 560. The van der Waals surface area contributed by atoms with E-state index < -0.39 is 5.25 Å². The summed E-state index contributed by atoms with van der Waals surface area (Å²) in [5.41, 5.74) is 0.760. The number of benzene rings is 1. The van der Waals surface area contributed by atoms with E-state index in [-0.39, 0.29) is 18.2 Å². The van der Waals surface area contributed by atoms with Crippen LogP contribution in [0.25, 0.3) is 0 Å². The molecule has 1 aromatic rings. The van der Waals surface area contributed by atoms with Crippen molar-refractivity contribution in [1.82, 2.24) is 5.32 Å². The lowest BCUT2D eigenvalue weighted by molar-refractivity contribution is -0.123. The summed E-state index contributed by atoms with van der Waals surface area (Å²) in [6.45, 7) is 6.45. The minimum absolute atomic E-state index is 0.142. The molecule has 1 aromatic carbocycles. The molecule has 1 atom stereocenters. The molecule has 21 heavy (non-hydrogen) atoms. The Labute approximate surface area is 128 Å². The normalized spacial score (nSPS) is 16.6. The fourth-order valence-electron chi connectivity index (χ4n) is 1.94. The van der Waals surface area contributed by atoms with Gasteiger partial charge in [-0.25, -0.2) is 0 Å². The van der Waals surface area contributed by atoms with Crippen LogP contribution in [0.5, 0.6) is 5.75 Å². The minimum Gasteiger partial charge on any atom is -0.494 e. The van der Waals surface area contributed by atoms with Crippen LogP contribution in [0.15, 0.2) is 35.7 Å². The van der Waals surface area contributed by atoms with Gasteiger partial charge in [-0.15, -0.1) is 18.3 Å². The van der Waals surface area contributed by atoms with Gasteiger partial charge in [-0.05, 0) is 25.1 Å². The predicted octanol–water partition coefficient (Wildman–Crippen LogP) is 2.19. The quantitative estimate of drug-likeness (QED) is 0.791. The van der Waals surface area contributed by atoms with Gasteiger partial charge < -0.3 is 15.4 Å². The Morgan fingerprint density at radius 3 is 3.10 bits per heavy atom. The molecule has 0 saturated heterocycles. The van der Waals surface area contributed by atoms with Gasteiger partial charge >= 0.3 is 0 Å². The average molecular weight is 306 g/mol. The Balaban J connectivity index is 2.07. The molecular formula is C15H18N2O3S. The van der Waals surface area contributed by atoms with E-state index in [1.54, 1.807) is 6.08 Å². The smallest absolute Gasteiger partial charge is 0.238 e. The maximum atomic E-state index is 12.0. The predicted molar refractivity (Wildman–Crippen MR) is 83.7 cm³/mol. The molecule has 0 unspecified atom stereocenters. The van der Waals surface area contributed by atoms with Crippen molar-refractivity contribution in [2.45, 2.75) is 23.5 Å². The fraction of sp³-hybridized carbons (Fsp3) is 0.333. The zero-order valence-electron chi connectivity index (χ0n) is 11.8. The fourth-order valence-corrected chi connectivity index (χ4v) is 3.08. The molecule has 2 rings (SSSR count). The first-order valence-electron chi connectivity index (χ1n) is 6.76. The molecule has 0 fully saturated rings. The van der Waals surface area contributed by atoms with Crippen molar-refractivity contribution in [1.29, 1.82) is 0 Å². The first-order valence-corrected chi connectivity index (χ1v) is 7.64. The van der Waals surface area contributed by atoms with Crippen LogP contribution in [0.1, 0.15) is 13.3 Å². The number of hydrogen-bond acceptors (Lipinski definition) is 4. The lowest BCUT2D eigenvalue weighted by Crippen LogP contribution is -2.34. The van der Waals surface area contributed by atoms with Crippen LogP contribution < -0.4 is 15.4 Å². The summed E-state index contributed by atoms with van der Waals surface area (Å²) in [4.78, 5) is 24.7. The van der Waals surface area contributed by atoms with E-state index in [1.165, 1.54) is 11.8 Å². The van der Waals surface area contributed by atoms with E-state index in [4.69, 9.17) is 4.74 Å². The van der Waals surface area contributed by atoms with Crippen molar-refractivity contribution in [3.05, 3.63) is 30.9 Å². The first-order chi connectivity index (χ1) is 10.1. The third-order valence-corrected chi connectivity index (χ3v) is 4.15. The summed E-state index contributed by atoms with van der Waals surface area (Å²) < 4.78 is 5.45. The lowest BCUT2D eigenvalue weighted by atomic mass is 10.2. The molecule has 1 aliphatic heterocycles. The van der Waals surface area contributed by atoms with Crippen molar-refractivity contribution in [2.75, 3.05) is 18.5 Å². The van der Waals surface area contributed by atoms with Gasteiger partial charge in [0.05, 0.1) is 17.5 Å². The number of thioether (sulfide) groups is 1. The highest BCUT2D eigenvalue weighted by Gasteiger charge is 2.29. The number of fused-ring (bicyclic) bond motifs is 1. The van der Waals surface area contributed by atoms with Gasteiger partial charge in [0.25, 0.3) is 0 Å². The molecule has 0 aliphatic carbocycles. The molecule has 112 valence electrons. The second-order valence-electron chi connectivity index (χ2n) is 4.48. The summed E-state index contributed by atoms with van der Waals surface area (Å²) in [5.74, 6) is 0.451. The van der Waals surface area contributed by atoms with Crippen LogP contribution >= 0.6 is 11.8 Å². The standard InChI is InChI=1S/C15H18N2O3S/c1-3-7-16-14(18)9-13-15(19)17-11-6-5-10(20-4-2)8-12(11)21-13/h3,5-6,8,13H,1,4,7,9H2,2H3,(H,16,18)(H,17,19)/t13-/m0/s1. The highest BCUT2D eigenvalue weighted by Crippen LogP contribution is 2.39. The lowest BCUT2D eigenvalue weighted by Gasteiger charge is -2.24. The number of amides is 2. The third kappa shape index (κ3) is 4.01. The molecule has 2 amide bonds. The van der Waals surface area contributed by atoms with Gasteiger partial charge in [0.2, 0.25) is 11.8 Å². The van der Waals surface area contributed by atoms with Gasteiger partial charge in [0, 0.05) is 17.9 Å². The van der Waals surface area contributed by atoms with Crippen molar-refractivity contribution in [2.24, 2.45) is 0 Å². The summed E-state index contributed by atoms with van der Waals surface area (Å²) in [6, 6.07) is 5.52. The van der Waals surface area contributed by atoms with E-state index in [0.29, 0.717) is 13.2 Å². The number of carbonyl (C=O) groups excluding carboxylic acids is 2. The molecule has 0 bridgehead atoms. The van der Waals surface area contributed by atoms with Crippen molar-refractivity contribution in [3.8, 4) is 5.75 Å². The second kappa shape index (κ2) is 7.17. The topological polar surface area (TPSA) is 67.4 Å². The molecule has 6 heteroatoms. The zero-order valence-corrected chi connectivity index (χ0v) is 12.7. The zero-order chi connectivity index (χ0) is 15.2. The number of carbonyl (C=O) groups is 2. The molecule has 0 radical (unpaired) electrons. The van der Waals surface area contributed by atoms with Crippen LogP contribution in [0, 0.1) is 0 Å². The highest BCUT2D eigenvalue weighted by atomic mass is 32.2. The van der Waals surface area contributed by atoms with E-state index in [2.05, 4.69) is 17.2 Å². The summed E-state index contributed by atoms with van der Waals surface area (Å²) in [6.07, 6.45) is 1.75. The molecule has 5 nitrogen and oxygen atoms in total. The molecule has 0 spiro atoms. The van der Waals surface area contributed by atoms with E-state index >= 15 is 0 Å². The van der Waals surface area contributed by atoms with Crippen molar-refractivity contribution >= 4 is 29.3 Å². The average Bonchev–Trinajstić information content (AvgIpc) is 2.46. The molecule has 1 aliphatic rings. The maximum Gasteiger partial charge on any atom is 0.238 e. The Morgan fingerprint density at radius 1 is 1.57 bits per heavy atom. The van der Waals surface area contributed by atoms with Crippen molar-refractivity contribution < 1.29 is 14.3 Å². The van der Waals surface area contributed by atoms with E-state index in [1.807, 2.05) is 25.1 Å². The first kappa shape index (κ1) is 15.4. The number of rotatable bonds is 6. The largest absolute Gasteiger partial charge is 0.494 e. The second-order valence-corrected chi connectivity index (χ2v) is 5.73. The summed E-state index contributed by atoms with van der Waals surface area (Å²) in [5, 5.41) is 5.07. The van der Waals surface area contributed by atoms with E-state index in [0.717, 1.165) is 16.3 Å². The summed E-state index contributed by atoms with van der Waals surface area (Å²) in [7, 11) is 0. The van der Waals surface area contributed by atoms with Gasteiger partial charge in [0.15, 0.2) is 0 Å². The molecule has 0 saturated carbocycles. The van der Waals surface area contributed by atoms with Crippen molar-refractivity contribution in [3.63, 3.8) is 0 Å². The van der Waals surface area contributed by atoms with Crippen LogP contribution in [-0.2, 0) is 9.59 Å². The third-order valence-electron chi connectivity index (χ3n) is 2.90. The van der Waals surface area contributed by atoms with Gasteiger partial charge in [-0.2, -0.15) is 0 Å². The minimum atomic E-state index is -0.431. The number of anilines is 1. The molecule has 0 aromatic heterocycles. The Morgan fingerprint density at radius 2 is 2.38 bits per heavy atom. The van der Waals surface area contributed by atoms with Gasteiger partial charge in [0.1, 0.15) is 5.75 Å². The maximum absolute atomic E-state index is 12.0. The number of hydrogen-bond donors (Lipinski definition) is 2. The molecule has 1 heterocycles. The highest BCUT2D eigenvalue weighted by molar-refractivity contribution is 8.01. The SMILES string of the molecule is C=CCNC(=O)C[C@@H]1Sc2cc(OCC)ccc2NC1=O. The van der Waals surface area contributed by atoms with Gasteiger partial charge in [-0.1, -0.05) is 6.08 Å². The number of ether oxygens (including phenoxy) is 1. The molecule has 2 N–H and O–H groups in total. The van der Waals surface area contributed by atoms with Gasteiger partial charge in [-0.3, -0.25) is 9.59 Å². The van der Waals surface area contributed by atoms with Crippen LogP contribution in [0.2, 0.25) is 0 Å².